The standard InChI is InChI=1S/C17H14F2N4O2/c1-21-15(24)5-2-11-7-12(3-4-13(11)18)23-17(25)16-14(19)6-10(8-20)9-22-16/h3-4,6-7,9H,2,5H2,1H3,(H,21,24)(H,23,25). The Morgan fingerprint density at radius 1 is 1.24 bits per heavy atom. The van der Waals surface area contributed by atoms with Crippen LogP contribution >= 0.6 is 0 Å². The summed E-state index contributed by atoms with van der Waals surface area (Å²) in [6.07, 6.45) is 1.33. The van der Waals surface area contributed by atoms with E-state index in [4.69, 9.17) is 5.26 Å². The summed E-state index contributed by atoms with van der Waals surface area (Å²) >= 11 is 0. The third-order valence-electron chi connectivity index (χ3n) is 3.39. The van der Waals surface area contributed by atoms with Crippen molar-refractivity contribution in [2.45, 2.75) is 12.8 Å². The highest BCUT2D eigenvalue weighted by molar-refractivity contribution is 6.03. The molecule has 0 aliphatic rings. The first-order valence-electron chi connectivity index (χ1n) is 7.30. The first-order chi connectivity index (χ1) is 11.9. The fraction of sp³-hybridized carbons (Fsp3) is 0.176. The number of pyridine rings is 1. The van der Waals surface area contributed by atoms with Gasteiger partial charge in [-0.1, -0.05) is 0 Å². The van der Waals surface area contributed by atoms with Crippen LogP contribution in [0, 0.1) is 23.0 Å². The molecular weight excluding hydrogens is 330 g/mol. The molecule has 0 saturated carbocycles. The maximum Gasteiger partial charge on any atom is 0.277 e. The molecule has 128 valence electrons. The minimum Gasteiger partial charge on any atom is -0.359 e. The van der Waals surface area contributed by atoms with E-state index < -0.39 is 23.2 Å². The van der Waals surface area contributed by atoms with Gasteiger partial charge in [-0.25, -0.2) is 13.8 Å². The molecule has 0 saturated heterocycles. The highest BCUT2D eigenvalue weighted by Crippen LogP contribution is 2.18. The summed E-state index contributed by atoms with van der Waals surface area (Å²) < 4.78 is 27.6. The van der Waals surface area contributed by atoms with Crippen LogP contribution in [0.1, 0.15) is 28.0 Å². The van der Waals surface area contributed by atoms with Gasteiger partial charge >= 0.3 is 0 Å². The molecule has 2 rings (SSSR count). The number of aromatic nitrogens is 1. The molecule has 6 nitrogen and oxygen atoms in total. The fourth-order valence-corrected chi connectivity index (χ4v) is 2.07. The number of aryl methyl sites for hydroxylation is 1. The smallest absolute Gasteiger partial charge is 0.277 e. The van der Waals surface area contributed by atoms with E-state index in [0.717, 1.165) is 18.3 Å². The maximum atomic E-state index is 13.8. The monoisotopic (exact) mass is 344 g/mol. The molecule has 0 unspecified atom stereocenters. The third kappa shape index (κ3) is 4.57. The zero-order valence-electron chi connectivity index (χ0n) is 13.3. The lowest BCUT2D eigenvalue weighted by Gasteiger charge is -2.09. The Bertz CT molecular complexity index is 862. The van der Waals surface area contributed by atoms with Crippen LogP contribution in [0.3, 0.4) is 0 Å². The molecule has 1 heterocycles. The summed E-state index contributed by atoms with van der Waals surface area (Å²) in [5, 5.41) is 13.5. The van der Waals surface area contributed by atoms with Crippen LogP contribution in [0.5, 0.6) is 0 Å². The van der Waals surface area contributed by atoms with Gasteiger partial charge in [-0.15, -0.1) is 0 Å². The van der Waals surface area contributed by atoms with Gasteiger partial charge in [-0.2, -0.15) is 5.26 Å². The van der Waals surface area contributed by atoms with Gasteiger partial charge in [0.25, 0.3) is 5.91 Å². The average Bonchev–Trinajstić information content (AvgIpc) is 2.61. The summed E-state index contributed by atoms with van der Waals surface area (Å²) in [6, 6.07) is 6.46. The highest BCUT2D eigenvalue weighted by Gasteiger charge is 2.15. The summed E-state index contributed by atoms with van der Waals surface area (Å²) in [6.45, 7) is 0. The van der Waals surface area contributed by atoms with E-state index in [0.29, 0.717) is 0 Å². The van der Waals surface area contributed by atoms with Crippen molar-refractivity contribution in [1.82, 2.24) is 10.3 Å². The number of hydrogen-bond donors (Lipinski definition) is 2. The van der Waals surface area contributed by atoms with Gasteiger partial charge in [0.2, 0.25) is 5.91 Å². The molecule has 0 aliphatic carbocycles. The van der Waals surface area contributed by atoms with Crippen molar-refractivity contribution < 1.29 is 18.4 Å². The van der Waals surface area contributed by atoms with Gasteiger partial charge in [0.1, 0.15) is 11.9 Å². The Hall–Kier alpha value is -3.34. The SMILES string of the molecule is CNC(=O)CCc1cc(NC(=O)c2ncc(C#N)cc2F)ccc1F. The summed E-state index contributed by atoms with van der Waals surface area (Å²) in [5.74, 6) is -2.51. The van der Waals surface area contributed by atoms with Crippen LogP contribution in [0.4, 0.5) is 14.5 Å². The van der Waals surface area contributed by atoms with E-state index >= 15 is 0 Å². The number of halogens is 2. The van der Waals surface area contributed by atoms with Gasteiger partial charge in [0, 0.05) is 25.4 Å². The lowest BCUT2D eigenvalue weighted by molar-refractivity contribution is -0.120. The number of nitrogens with one attached hydrogen (secondary N) is 2. The highest BCUT2D eigenvalue weighted by atomic mass is 19.1. The van der Waals surface area contributed by atoms with E-state index in [1.807, 2.05) is 0 Å². The third-order valence-corrected chi connectivity index (χ3v) is 3.39. The van der Waals surface area contributed by atoms with Gasteiger partial charge < -0.3 is 10.6 Å². The normalized spacial score (nSPS) is 10.0. The average molecular weight is 344 g/mol. The van der Waals surface area contributed by atoms with Gasteiger partial charge in [0.15, 0.2) is 11.5 Å². The number of benzene rings is 1. The Morgan fingerprint density at radius 3 is 2.64 bits per heavy atom. The van der Waals surface area contributed by atoms with Crippen molar-refractivity contribution in [2.75, 3.05) is 12.4 Å². The second kappa shape index (κ2) is 7.97. The molecule has 0 aliphatic heterocycles. The van der Waals surface area contributed by atoms with Crippen LogP contribution in [-0.2, 0) is 11.2 Å². The minimum absolute atomic E-state index is 0.00711. The first-order valence-corrected chi connectivity index (χ1v) is 7.30. The molecule has 0 spiro atoms. The fourth-order valence-electron chi connectivity index (χ4n) is 2.07. The minimum atomic E-state index is -0.932. The van der Waals surface area contributed by atoms with Crippen LogP contribution in [0.2, 0.25) is 0 Å². The van der Waals surface area contributed by atoms with Crippen LogP contribution < -0.4 is 10.6 Å². The predicted octanol–water partition coefficient (Wildman–Crippen LogP) is 2.16. The second-order valence-electron chi connectivity index (χ2n) is 5.10. The quantitative estimate of drug-likeness (QED) is 0.869. The first kappa shape index (κ1) is 18.0. The zero-order valence-corrected chi connectivity index (χ0v) is 13.3. The molecule has 1 aromatic carbocycles. The molecule has 8 heteroatoms. The molecular formula is C17H14F2N4O2. The maximum absolute atomic E-state index is 13.8. The Morgan fingerprint density at radius 2 is 2.00 bits per heavy atom. The number of carbonyl (C=O) groups is 2. The topological polar surface area (TPSA) is 94.9 Å². The van der Waals surface area contributed by atoms with Crippen molar-refractivity contribution in [3.8, 4) is 6.07 Å². The summed E-state index contributed by atoms with van der Waals surface area (Å²) in [7, 11) is 1.48. The molecule has 0 fully saturated rings. The van der Waals surface area contributed by atoms with E-state index in [9.17, 15) is 18.4 Å². The molecule has 2 N–H and O–H groups in total. The summed E-state index contributed by atoms with van der Waals surface area (Å²) in [5.41, 5.74) is 0.00100. The number of amides is 2. The zero-order chi connectivity index (χ0) is 18.4. The molecule has 0 radical (unpaired) electrons. The number of rotatable bonds is 5. The van der Waals surface area contributed by atoms with Crippen molar-refractivity contribution in [3.05, 3.63) is 58.9 Å². The van der Waals surface area contributed by atoms with Crippen molar-refractivity contribution in [3.63, 3.8) is 0 Å². The number of carbonyl (C=O) groups excluding carboxylic acids is 2. The van der Waals surface area contributed by atoms with Gasteiger partial charge in [-0.05, 0) is 36.2 Å². The number of anilines is 1. The van der Waals surface area contributed by atoms with Crippen LogP contribution in [0.15, 0.2) is 30.5 Å². The molecule has 2 amide bonds. The van der Waals surface area contributed by atoms with E-state index in [-0.39, 0.29) is 35.6 Å². The van der Waals surface area contributed by atoms with Crippen LogP contribution in [-0.4, -0.2) is 23.8 Å². The van der Waals surface area contributed by atoms with E-state index in [2.05, 4.69) is 15.6 Å². The van der Waals surface area contributed by atoms with Crippen molar-refractivity contribution in [2.24, 2.45) is 0 Å². The van der Waals surface area contributed by atoms with E-state index in [1.54, 1.807) is 6.07 Å². The number of hydrogen-bond acceptors (Lipinski definition) is 4. The molecule has 0 atom stereocenters. The lowest BCUT2D eigenvalue weighted by atomic mass is 10.1. The molecule has 1 aromatic heterocycles. The van der Waals surface area contributed by atoms with Crippen molar-refractivity contribution >= 4 is 17.5 Å². The van der Waals surface area contributed by atoms with Gasteiger partial charge in [0.05, 0.1) is 5.56 Å². The Kier molecular flexibility index (Phi) is 5.74. The Balaban J connectivity index is 2.16. The van der Waals surface area contributed by atoms with E-state index in [1.165, 1.54) is 19.2 Å². The molecule has 0 bridgehead atoms. The van der Waals surface area contributed by atoms with Gasteiger partial charge in [-0.3, -0.25) is 9.59 Å². The number of nitriles is 1. The predicted molar refractivity (Wildman–Crippen MR) is 85.7 cm³/mol. The van der Waals surface area contributed by atoms with Crippen molar-refractivity contribution in [1.29, 1.82) is 5.26 Å². The number of nitrogens with zero attached hydrogens (tertiary/aromatic N) is 2. The van der Waals surface area contributed by atoms with Crippen LogP contribution in [0.25, 0.3) is 0 Å². The largest absolute Gasteiger partial charge is 0.359 e. The molecule has 25 heavy (non-hydrogen) atoms. The second-order valence-corrected chi connectivity index (χ2v) is 5.10. The lowest BCUT2D eigenvalue weighted by Crippen LogP contribution is -2.18. The Labute approximate surface area is 142 Å². The molecule has 2 aromatic rings. The summed E-state index contributed by atoms with van der Waals surface area (Å²) in [4.78, 5) is 27.0.